The Morgan fingerprint density at radius 2 is 1.30 bits per heavy atom. The van der Waals surface area contributed by atoms with Crippen molar-refractivity contribution in [3.8, 4) is 16.9 Å². The predicted molar refractivity (Wildman–Crippen MR) is 220 cm³/mol. The van der Waals surface area contributed by atoms with E-state index in [1.165, 1.54) is 38.4 Å². The van der Waals surface area contributed by atoms with Gasteiger partial charge in [-0.3, -0.25) is 0 Å². The molecule has 0 fully saturated rings. The lowest BCUT2D eigenvalue weighted by molar-refractivity contribution is -0.134. The summed E-state index contributed by atoms with van der Waals surface area (Å²) in [4.78, 5) is 24.8. The van der Waals surface area contributed by atoms with E-state index in [-0.39, 0.29) is 0 Å². The van der Waals surface area contributed by atoms with Gasteiger partial charge in [0, 0.05) is 11.1 Å². The Morgan fingerprint density at radius 1 is 0.648 bits per heavy atom. The topological polar surface area (TPSA) is 52.6 Å². The SMILES string of the molecule is C=C1C=C(OC(=O)C(=C)C)/C=C\C/C=C(C2(c3ccc4cc(OC(=O)C(=C)C)ccc4c3)c3cc4ccccc4cc3-c3c2ccc2ccccc32)\C=C/1. The summed E-state index contributed by atoms with van der Waals surface area (Å²) >= 11 is 0. The van der Waals surface area contributed by atoms with Gasteiger partial charge in [-0.25, -0.2) is 9.59 Å². The second kappa shape index (κ2) is 13.6. The molecule has 0 spiro atoms. The molecule has 6 aromatic carbocycles. The summed E-state index contributed by atoms with van der Waals surface area (Å²) in [6, 6.07) is 38.6. The molecule has 262 valence electrons. The molecule has 8 rings (SSSR count). The number of rotatable bonds is 6. The van der Waals surface area contributed by atoms with E-state index >= 15 is 0 Å². The van der Waals surface area contributed by atoms with Gasteiger partial charge in [-0.2, -0.15) is 0 Å². The Hall–Kier alpha value is -6.78. The molecule has 54 heavy (non-hydrogen) atoms. The minimum Gasteiger partial charge on any atom is -0.423 e. The minimum absolute atomic E-state index is 0.324. The zero-order valence-corrected chi connectivity index (χ0v) is 30.3. The van der Waals surface area contributed by atoms with Crippen molar-refractivity contribution in [2.24, 2.45) is 0 Å². The Kier molecular flexibility index (Phi) is 8.67. The molecular weight excluding hydrogens is 665 g/mol. The molecule has 0 bridgehead atoms. The molecular formula is C50H38O4. The summed E-state index contributed by atoms with van der Waals surface area (Å²) < 4.78 is 11.2. The van der Waals surface area contributed by atoms with Gasteiger partial charge in [0.15, 0.2) is 0 Å². The van der Waals surface area contributed by atoms with Gasteiger partial charge in [0.1, 0.15) is 11.5 Å². The van der Waals surface area contributed by atoms with Crippen molar-refractivity contribution in [2.45, 2.75) is 25.7 Å². The van der Waals surface area contributed by atoms with Crippen LogP contribution in [-0.4, -0.2) is 11.9 Å². The molecule has 0 heterocycles. The summed E-state index contributed by atoms with van der Waals surface area (Å²) in [5.41, 5.74) is 7.57. The lowest BCUT2D eigenvalue weighted by Crippen LogP contribution is -2.29. The van der Waals surface area contributed by atoms with Crippen LogP contribution in [0.15, 0.2) is 193 Å². The van der Waals surface area contributed by atoms with Crippen LogP contribution in [0.1, 0.15) is 37.0 Å². The van der Waals surface area contributed by atoms with E-state index in [1.54, 1.807) is 19.9 Å². The van der Waals surface area contributed by atoms with Gasteiger partial charge in [0.2, 0.25) is 0 Å². The van der Waals surface area contributed by atoms with Crippen LogP contribution in [0.3, 0.4) is 0 Å². The average Bonchev–Trinajstić information content (AvgIpc) is 3.46. The summed E-state index contributed by atoms with van der Waals surface area (Å²) in [5.74, 6) is -0.0607. The number of hydrogen-bond acceptors (Lipinski definition) is 4. The van der Waals surface area contributed by atoms with Gasteiger partial charge in [0.05, 0.1) is 5.41 Å². The first-order chi connectivity index (χ1) is 26.1. The molecule has 0 saturated heterocycles. The molecule has 0 aromatic heterocycles. The highest BCUT2D eigenvalue weighted by molar-refractivity contribution is 6.07. The number of allylic oxidation sites excluding steroid dienone is 8. The Morgan fingerprint density at radius 3 is 2.07 bits per heavy atom. The van der Waals surface area contributed by atoms with Crippen molar-refractivity contribution in [3.63, 3.8) is 0 Å². The average molecular weight is 703 g/mol. The Balaban J connectivity index is 1.40. The highest BCUT2D eigenvalue weighted by atomic mass is 16.5. The van der Waals surface area contributed by atoms with Crippen LogP contribution >= 0.6 is 0 Å². The van der Waals surface area contributed by atoms with Crippen LogP contribution in [0.25, 0.3) is 43.4 Å². The van der Waals surface area contributed by atoms with Crippen molar-refractivity contribution >= 4 is 44.3 Å². The monoisotopic (exact) mass is 702 g/mol. The van der Waals surface area contributed by atoms with Crippen molar-refractivity contribution in [2.75, 3.05) is 0 Å². The Bertz CT molecular complexity index is 2750. The van der Waals surface area contributed by atoms with E-state index in [4.69, 9.17) is 9.47 Å². The third-order valence-electron chi connectivity index (χ3n) is 10.2. The Labute approximate surface area is 315 Å². The van der Waals surface area contributed by atoms with Gasteiger partial charge in [-0.15, -0.1) is 0 Å². The molecule has 0 saturated carbocycles. The van der Waals surface area contributed by atoms with Crippen LogP contribution in [0.5, 0.6) is 5.75 Å². The van der Waals surface area contributed by atoms with Gasteiger partial charge >= 0.3 is 11.9 Å². The van der Waals surface area contributed by atoms with Gasteiger partial charge in [-0.1, -0.05) is 123 Å². The van der Waals surface area contributed by atoms with Crippen LogP contribution in [0.2, 0.25) is 0 Å². The largest absolute Gasteiger partial charge is 0.423 e. The summed E-state index contributed by atoms with van der Waals surface area (Å²) in [6.07, 6.45) is 12.6. The molecule has 4 nitrogen and oxygen atoms in total. The van der Waals surface area contributed by atoms with Crippen molar-refractivity contribution in [1.29, 1.82) is 0 Å². The van der Waals surface area contributed by atoms with Gasteiger partial charge < -0.3 is 9.47 Å². The fourth-order valence-corrected chi connectivity index (χ4v) is 7.74. The van der Waals surface area contributed by atoms with Crippen LogP contribution in [0, 0.1) is 0 Å². The molecule has 1 unspecified atom stereocenters. The first kappa shape index (κ1) is 34.3. The third kappa shape index (κ3) is 5.92. The first-order valence-corrected chi connectivity index (χ1v) is 17.9. The van der Waals surface area contributed by atoms with Gasteiger partial charge in [0.25, 0.3) is 0 Å². The molecule has 0 aliphatic heterocycles. The second-order valence-electron chi connectivity index (χ2n) is 14.0. The summed E-state index contributed by atoms with van der Waals surface area (Å²) in [7, 11) is 0. The van der Waals surface area contributed by atoms with E-state index in [1.807, 2.05) is 36.4 Å². The zero-order chi connectivity index (χ0) is 37.6. The number of carbonyl (C=O) groups is 2. The van der Waals surface area contributed by atoms with Crippen LogP contribution in [-0.2, 0) is 19.7 Å². The quantitative estimate of drug-likeness (QED) is 0.0985. The molecule has 0 amide bonds. The third-order valence-corrected chi connectivity index (χ3v) is 10.2. The summed E-state index contributed by atoms with van der Waals surface area (Å²) in [6.45, 7) is 15.0. The fraction of sp³-hybridized carbons (Fsp3) is 0.0800. The smallest absolute Gasteiger partial charge is 0.338 e. The van der Waals surface area contributed by atoms with E-state index in [0.717, 1.165) is 27.3 Å². The second-order valence-corrected chi connectivity index (χ2v) is 14.0. The van der Waals surface area contributed by atoms with Crippen molar-refractivity contribution < 1.29 is 19.1 Å². The number of esters is 2. The number of carbonyl (C=O) groups excluding carboxylic acids is 2. The maximum Gasteiger partial charge on any atom is 0.338 e. The highest BCUT2D eigenvalue weighted by Crippen LogP contribution is 2.59. The number of fused-ring (bicyclic) bond motifs is 7. The molecule has 0 radical (unpaired) electrons. The van der Waals surface area contributed by atoms with Gasteiger partial charge in [-0.05, 0) is 134 Å². The van der Waals surface area contributed by atoms with E-state index in [9.17, 15) is 9.59 Å². The standard InChI is InChI=1S/C50H38O4/c1-31(2)48(51)53-41-16-10-9-15-39(22-18-33(5)26-41)50(40-23-19-38-28-42(24-20-37(38)27-40)54-49(52)32(3)4)45-25-21-34-12-8-11-17-43(34)47(45)44-29-35-13-6-7-14-36(35)30-46(44)50/h6-8,10-30H,1,3,5,9H2,2,4H3/b16-10-,22-18-,39-15+,41-26?. The van der Waals surface area contributed by atoms with E-state index in [0.29, 0.717) is 34.6 Å². The van der Waals surface area contributed by atoms with Crippen molar-refractivity contribution in [1.82, 2.24) is 0 Å². The van der Waals surface area contributed by atoms with E-state index < -0.39 is 17.4 Å². The highest BCUT2D eigenvalue weighted by Gasteiger charge is 2.47. The molecule has 1 atom stereocenters. The first-order valence-electron chi connectivity index (χ1n) is 17.9. The minimum atomic E-state index is -0.735. The normalized spacial score (nSPS) is 18.5. The lowest BCUT2D eigenvalue weighted by Gasteiger charge is -2.35. The summed E-state index contributed by atoms with van der Waals surface area (Å²) in [5, 5.41) is 6.66. The number of hydrogen-bond donors (Lipinski definition) is 0. The maximum absolute atomic E-state index is 12.4. The molecule has 4 heteroatoms. The molecule has 2 aliphatic rings. The maximum atomic E-state index is 12.4. The number of ether oxygens (including phenoxy) is 2. The van der Waals surface area contributed by atoms with Crippen molar-refractivity contribution in [3.05, 3.63) is 210 Å². The number of benzene rings is 6. The van der Waals surface area contributed by atoms with E-state index in [2.05, 4.69) is 123 Å². The van der Waals surface area contributed by atoms with Crippen LogP contribution < -0.4 is 4.74 Å². The molecule has 2 aliphatic carbocycles. The van der Waals surface area contributed by atoms with Crippen LogP contribution in [0.4, 0.5) is 0 Å². The lowest BCUT2D eigenvalue weighted by atomic mass is 9.66. The fourth-order valence-electron chi connectivity index (χ4n) is 7.74. The molecule has 6 aromatic rings. The zero-order valence-electron chi connectivity index (χ0n) is 30.3. The molecule has 0 N–H and O–H groups in total. The predicted octanol–water partition coefficient (Wildman–Crippen LogP) is 11.9.